The lowest BCUT2D eigenvalue weighted by atomic mass is 10.1. The van der Waals surface area contributed by atoms with Crippen LogP contribution in [0.15, 0.2) is 54.6 Å². The number of unbranched alkanes of at least 4 members (excludes halogenated alkanes) is 3. The number of hydrogen-bond acceptors (Lipinski definition) is 3. The molecule has 0 aliphatic heterocycles. The first-order valence-corrected chi connectivity index (χ1v) is 9.61. The van der Waals surface area contributed by atoms with Gasteiger partial charge in [0.25, 0.3) is 11.8 Å². The van der Waals surface area contributed by atoms with Gasteiger partial charge < -0.3 is 5.32 Å². The summed E-state index contributed by atoms with van der Waals surface area (Å²) in [4.78, 5) is 35.8. The number of nitrogens with one attached hydrogen (secondary N) is 3. The highest BCUT2D eigenvalue weighted by molar-refractivity contribution is 5.95. The van der Waals surface area contributed by atoms with Gasteiger partial charge in [-0.15, -0.1) is 0 Å². The van der Waals surface area contributed by atoms with Crippen LogP contribution >= 0.6 is 0 Å². The van der Waals surface area contributed by atoms with E-state index in [9.17, 15) is 14.4 Å². The maximum Gasteiger partial charge on any atom is 0.269 e. The number of carbonyl (C=O) groups is 3. The van der Waals surface area contributed by atoms with Crippen molar-refractivity contribution in [3.8, 4) is 0 Å². The summed E-state index contributed by atoms with van der Waals surface area (Å²) in [5.41, 5.74) is 6.77. The molecule has 0 heterocycles. The highest BCUT2D eigenvalue weighted by atomic mass is 16.2. The van der Waals surface area contributed by atoms with Crippen LogP contribution in [-0.4, -0.2) is 17.7 Å². The van der Waals surface area contributed by atoms with Crippen LogP contribution in [0.2, 0.25) is 0 Å². The Bertz CT molecular complexity index is 773. The van der Waals surface area contributed by atoms with E-state index in [2.05, 4.69) is 23.1 Å². The van der Waals surface area contributed by atoms with Crippen molar-refractivity contribution in [2.24, 2.45) is 0 Å². The van der Waals surface area contributed by atoms with Gasteiger partial charge >= 0.3 is 0 Å². The van der Waals surface area contributed by atoms with Gasteiger partial charge in [0.05, 0.1) is 0 Å². The second kappa shape index (κ2) is 11.5. The molecule has 0 spiro atoms. The summed E-state index contributed by atoms with van der Waals surface area (Å²) in [6.45, 7) is 2.48. The summed E-state index contributed by atoms with van der Waals surface area (Å²) in [5, 5.41) is 2.84. The van der Waals surface area contributed by atoms with Gasteiger partial charge in [-0.3, -0.25) is 25.2 Å². The summed E-state index contributed by atoms with van der Waals surface area (Å²) in [5.74, 6) is -0.712. The fourth-order valence-electron chi connectivity index (χ4n) is 2.62. The average Bonchev–Trinajstić information content (AvgIpc) is 2.74. The molecule has 148 valence electrons. The average molecular weight is 381 g/mol. The predicted molar refractivity (Wildman–Crippen MR) is 108 cm³/mol. The van der Waals surface area contributed by atoms with E-state index < -0.39 is 0 Å². The van der Waals surface area contributed by atoms with Gasteiger partial charge in [-0.1, -0.05) is 56.5 Å². The Kier molecular flexibility index (Phi) is 8.72. The molecular weight excluding hydrogens is 354 g/mol. The third kappa shape index (κ3) is 7.23. The standard InChI is InChI=1S/C22H27N3O3/c1-2-3-4-8-11-20(26)24-25-22(28)19-14-12-17(13-15-19)16-23-21(27)18-9-6-5-7-10-18/h5-7,9-10,12-15H,2-4,8,11,16H2,1H3,(H,23,27)(H,24,26)(H,25,28). The molecule has 2 aromatic carbocycles. The Hall–Kier alpha value is -3.15. The molecule has 0 unspecified atom stereocenters. The molecule has 3 amide bonds. The second-order valence-corrected chi connectivity index (χ2v) is 6.56. The molecule has 0 atom stereocenters. The van der Waals surface area contributed by atoms with Crippen molar-refractivity contribution in [1.29, 1.82) is 0 Å². The fourth-order valence-corrected chi connectivity index (χ4v) is 2.62. The van der Waals surface area contributed by atoms with Crippen LogP contribution in [0, 0.1) is 0 Å². The van der Waals surface area contributed by atoms with E-state index >= 15 is 0 Å². The van der Waals surface area contributed by atoms with Crippen molar-refractivity contribution in [3.05, 3.63) is 71.3 Å². The number of carbonyl (C=O) groups excluding carboxylic acids is 3. The third-order valence-electron chi connectivity index (χ3n) is 4.28. The Morgan fingerprint density at radius 1 is 0.750 bits per heavy atom. The Morgan fingerprint density at radius 2 is 1.43 bits per heavy atom. The van der Waals surface area contributed by atoms with Crippen LogP contribution < -0.4 is 16.2 Å². The van der Waals surface area contributed by atoms with E-state index in [0.29, 0.717) is 24.1 Å². The number of hydrogen-bond donors (Lipinski definition) is 3. The van der Waals surface area contributed by atoms with Crippen LogP contribution in [0.4, 0.5) is 0 Å². The zero-order valence-electron chi connectivity index (χ0n) is 16.2. The molecule has 0 saturated heterocycles. The summed E-state index contributed by atoms with van der Waals surface area (Å²) in [7, 11) is 0. The van der Waals surface area contributed by atoms with Gasteiger partial charge in [0.2, 0.25) is 5.91 Å². The summed E-state index contributed by atoms with van der Waals surface area (Å²) < 4.78 is 0. The van der Waals surface area contributed by atoms with E-state index in [-0.39, 0.29) is 17.7 Å². The van der Waals surface area contributed by atoms with Crippen LogP contribution in [-0.2, 0) is 11.3 Å². The highest BCUT2D eigenvalue weighted by Gasteiger charge is 2.08. The molecule has 28 heavy (non-hydrogen) atoms. The smallest absolute Gasteiger partial charge is 0.269 e. The maximum atomic E-state index is 12.1. The van der Waals surface area contributed by atoms with E-state index in [4.69, 9.17) is 0 Å². The van der Waals surface area contributed by atoms with Gasteiger partial charge in [-0.05, 0) is 36.2 Å². The number of benzene rings is 2. The van der Waals surface area contributed by atoms with E-state index in [0.717, 1.165) is 31.2 Å². The molecular formula is C22H27N3O3. The van der Waals surface area contributed by atoms with Crippen LogP contribution in [0.25, 0.3) is 0 Å². The lowest BCUT2D eigenvalue weighted by Gasteiger charge is -2.09. The lowest BCUT2D eigenvalue weighted by molar-refractivity contribution is -0.122. The van der Waals surface area contributed by atoms with Gasteiger partial charge in [0.15, 0.2) is 0 Å². The quantitative estimate of drug-likeness (QED) is 0.460. The van der Waals surface area contributed by atoms with Crippen LogP contribution in [0.3, 0.4) is 0 Å². The normalized spacial score (nSPS) is 10.2. The molecule has 2 aromatic rings. The highest BCUT2D eigenvalue weighted by Crippen LogP contribution is 2.06. The fraction of sp³-hybridized carbons (Fsp3) is 0.318. The van der Waals surface area contributed by atoms with Crippen molar-refractivity contribution < 1.29 is 14.4 Å². The third-order valence-corrected chi connectivity index (χ3v) is 4.28. The first kappa shape index (κ1) is 21.2. The zero-order valence-corrected chi connectivity index (χ0v) is 16.2. The summed E-state index contributed by atoms with van der Waals surface area (Å²) in [6, 6.07) is 15.8. The zero-order chi connectivity index (χ0) is 20.2. The SMILES string of the molecule is CCCCCCC(=O)NNC(=O)c1ccc(CNC(=O)c2ccccc2)cc1. The Labute approximate surface area is 165 Å². The molecule has 2 rings (SSSR count). The van der Waals surface area contributed by atoms with Crippen molar-refractivity contribution in [2.45, 2.75) is 45.6 Å². The van der Waals surface area contributed by atoms with Crippen molar-refractivity contribution in [3.63, 3.8) is 0 Å². The molecule has 0 aliphatic rings. The molecule has 0 aromatic heterocycles. The Balaban J connectivity index is 1.74. The van der Waals surface area contributed by atoms with Crippen molar-refractivity contribution in [2.75, 3.05) is 0 Å². The minimum absolute atomic E-state index is 0.149. The van der Waals surface area contributed by atoms with Gasteiger partial charge in [-0.2, -0.15) is 0 Å². The minimum Gasteiger partial charge on any atom is -0.348 e. The molecule has 6 heteroatoms. The number of amides is 3. The predicted octanol–water partition coefficient (Wildman–Crippen LogP) is 3.35. The van der Waals surface area contributed by atoms with Gasteiger partial charge in [0, 0.05) is 24.1 Å². The summed E-state index contributed by atoms with van der Waals surface area (Å²) >= 11 is 0. The van der Waals surface area contributed by atoms with Crippen molar-refractivity contribution in [1.82, 2.24) is 16.2 Å². The number of hydrazine groups is 1. The maximum absolute atomic E-state index is 12.1. The monoisotopic (exact) mass is 381 g/mol. The first-order chi connectivity index (χ1) is 13.6. The lowest BCUT2D eigenvalue weighted by Crippen LogP contribution is -2.41. The minimum atomic E-state index is -0.373. The molecule has 0 fully saturated rings. The van der Waals surface area contributed by atoms with Gasteiger partial charge in [0.1, 0.15) is 0 Å². The number of rotatable bonds is 9. The molecule has 0 radical (unpaired) electrons. The van der Waals surface area contributed by atoms with Crippen LogP contribution in [0.1, 0.15) is 65.3 Å². The molecule has 0 saturated carbocycles. The van der Waals surface area contributed by atoms with E-state index in [1.165, 1.54) is 0 Å². The molecule has 0 aliphatic carbocycles. The Morgan fingerprint density at radius 3 is 2.11 bits per heavy atom. The van der Waals surface area contributed by atoms with Crippen LogP contribution in [0.5, 0.6) is 0 Å². The molecule has 3 N–H and O–H groups in total. The molecule has 0 bridgehead atoms. The van der Waals surface area contributed by atoms with E-state index in [1.807, 2.05) is 18.2 Å². The second-order valence-electron chi connectivity index (χ2n) is 6.56. The largest absolute Gasteiger partial charge is 0.348 e. The summed E-state index contributed by atoms with van der Waals surface area (Å²) in [6.07, 6.45) is 4.46. The van der Waals surface area contributed by atoms with Crippen molar-refractivity contribution >= 4 is 17.7 Å². The first-order valence-electron chi connectivity index (χ1n) is 9.61. The van der Waals surface area contributed by atoms with Gasteiger partial charge in [-0.25, -0.2) is 0 Å². The van der Waals surface area contributed by atoms with E-state index in [1.54, 1.807) is 36.4 Å². The topological polar surface area (TPSA) is 87.3 Å². The molecule has 6 nitrogen and oxygen atoms in total.